The third kappa shape index (κ3) is 8.73. The molecule has 0 fully saturated rings. The second-order valence-corrected chi connectivity index (χ2v) is 23.5. The number of hydrogen-bond acceptors (Lipinski definition) is 4. The number of allylic oxidation sites excluding steroid dienone is 2. The highest BCUT2D eigenvalue weighted by Gasteiger charge is 2.42. The highest BCUT2D eigenvalue weighted by Crippen LogP contribution is 2.50. The van der Waals surface area contributed by atoms with Crippen LogP contribution in [-0.2, 0) is 16.2 Å². The molecule has 0 saturated carbocycles. The second kappa shape index (κ2) is 16.9. The molecule has 3 heterocycles. The van der Waals surface area contributed by atoms with E-state index in [0.717, 1.165) is 45.2 Å². The summed E-state index contributed by atoms with van der Waals surface area (Å²) in [5, 5.41) is 2.43. The van der Waals surface area contributed by atoms with Crippen molar-refractivity contribution in [2.24, 2.45) is 10.8 Å². The number of benzene rings is 6. The summed E-state index contributed by atoms with van der Waals surface area (Å²) in [6.45, 7) is 33.1. The van der Waals surface area contributed by atoms with E-state index in [9.17, 15) is 0 Å². The van der Waals surface area contributed by atoms with E-state index in [-0.39, 0.29) is 27.1 Å². The van der Waals surface area contributed by atoms with Crippen molar-refractivity contribution in [2.75, 3.05) is 16.5 Å². The lowest BCUT2D eigenvalue weighted by Crippen LogP contribution is -2.31. The molecule has 0 spiro atoms. The molecule has 1 aliphatic rings. The Morgan fingerprint density at radius 3 is 1.69 bits per heavy atom. The molecule has 5 heteroatoms. The van der Waals surface area contributed by atoms with Crippen molar-refractivity contribution >= 4 is 33.2 Å². The molecule has 0 radical (unpaired) electrons. The van der Waals surface area contributed by atoms with E-state index in [4.69, 9.17) is 9.72 Å². The van der Waals surface area contributed by atoms with Crippen LogP contribution in [0.3, 0.4) is 0 Å². The zero-order valence-corrected chi connectivity index (χ0v) is 42.9. The molecule has 2 aromatic heterocycles. The summed E-state index contributed by atoms with van der Waals surface area (Å²) in [6, 6.07) is 55.2. The Morgan fingerprint density at radius 1 is 0.441 bits per heavy atom. The minimum Gasteiger partial charge on any atom is -0.457 e. The van der Waals surface area contributed by atoms with Gasteiger partial charge in [0.2, 0.25) is 0 Å². The van der Waals surface area contributed by atoms with Gasteiger partial charge in [-0.1, -0.05) is 188 Å². The summed E-state index contributed by atoms with van der Waals surface area (Å²) in [5.74, 6) is 2.47. The first-order valence-corrected chi connectivity index (χ1v) is 24.4. The van der Waals surface area contributed by atoms with Gasteiger partial charge in [-0.2, -0.15) is 0 Å². The van der Waals surface area contributed by atoms with E-state index < -0.39 is 0 Å². The fraction of sp³-hybridized carbons (Fsp3) is 0.317. The Kier molecular flexibility index (Phi) is 11.5. The molecule has 6 aromatic carbocycles. The van der Waals surface area contributed by atoms with Crippen LogP contribution in [-0.4, -0.2) is 16.2 Å². The van der Waals surface area contributed by atoms with Crippen LogP contribution in [0, 0.1) is 10.8 Å². The maximum Gasteiger partial charge on any atom is 0.137 e. The van der Waals surface area contributed by atoms with Crippen molar-refractivity contribution in [1.29, 1.82) is 0 Å². The number of ether oxygens (including phenoxy) is 1. The van der Waals surface area contributed by atoms with Crippen molar-refractivity contribution in [3.63, 3.8) is 0 Å². The maximum absolute atomic E-state index is 7.28. The normalized spacial score (nSPS) is 14.1. The number of para-hydroxylation sites is 1. The number of nitrogens with zero attached hydrogens (tertiary/aromatic N) is 4. The molecule has 9 rings (SSSR count). The van der Waals surface area contributed by atoms with Gasteiger partial charge < -0.3 is 14.5 Å². The first kappa shape index (κ1) is 46.5. The summed E-state index contributed by atoms with van der Waals surface area (Å²) in [7, 11) is 0. The fourth-order valence-corrected chi connectivity index (χ4v) is 10.3. The Balaban J connectivity index is 1.22. The Morgan fingerprint density at radius 2 is 1.04 bits per heavy atom. The van der Waals surface area contributed by atoms with Gasteiger partial charge in [-0.3, -0.25) is 4.57 Å². The van der Waals surface area contributed by atoms with Crippen LogP contribution in [0.2, 0.25) is 0 Å². The summed E-state index contributed by atoms with van der Waals surface area (Å²) in [6.07, 6.45) is 1.95. The molecular weight excluding hydrogens is 829 g/mol. The standard InChI is InChI=1S/C63H70N4O/c1-59(2,3)45-32-33-64-55(37-45)67-53-31-22-21-30-51(53)56-52(60(4,5)6)39-50(40-54(56)67)68-49-35-43(42-24-17-15-18-25-42)34-48(38-49)66-41-65(57(61(7,8)9)58(66)62(10,11)12)47-29-23-28-46(36-47)63(13,14)44-26-19-16-20-27-44/h15-40H,41H2,1-14H3. The van der Waals surface area contributed by atoms with Gasteiger partial charge in [-0.15, -0.1) is 0 Å². The van der Waals surface area contributed by atoms with E-state index in [1.807, 2.05) is 6.20 Å². The number of pyridine rings is 1. The third-order valence-electron chi connectivity index (χ3n) is 13.8. The largest absolute Gasteiger partial charge is 0.457 e. The van der Waals surface area contributed by atoms with E-state index in [1.165, 1.54) is 50.1 Å². The molecule has 1 aliphatic heterocycles. The molecule has 8 aromatic rings. The van der Waals surface area contributed by atoms with Gasteiger partial charge in [-0.25, -0.2) is 4.98 Å². The molecule has 5 nitrogen and oxygen atoms in total. The molecule has 68 heavy (non-hydrogen) atoms. The van der Waals surface area contributed by atoms with Crippen molar-refractivity contribution < 1.29 is 4.74 Å². The molecule has 0 amide bonds. The number of rotatable bonds is 8. The molecule has 0 saturated heterocycles. The second-order valence-electron chi connectivity index (χ2n) is 23.5. The minimum atomic E-state index is -0.194. The van der Waals surface area contributed by atoms with E-state index in [0.29, 0.717) is 6.67 Å². The quantitative estimate of drug-likeness (QED) is 0.152. The van der Waals surface area contributed by atoms with Crippen LogP contribution >= 0.6 is 0 Å². The Labute approximate surface area is 406 Å². The Bertz CT molecular complexity index is 3180. The van der Waals surface area contributed by atoms with Crippen LogP contribution in [0.5, 0.6) is 11.5 Å². The summed E-state index contributed by atoms with van der Waals surface area (Å²) < 4.78 is 9.61. The van der Waals surface area contributed by atoms with Crippen molar-refractivity contribution in [3.8, 4) is 28.4 Å². The van der Waals surface area contributed by atoms with Crippen molar-refractivity contribution in [2.45, 2.75) is 113 Å². The molecule has 348 valence electrons. The lowest BCUT2D eigenvalue weighted by molar-refractivity contribution is 0.444. The first-order chi connectivity index (χ1) is 32.0. The van der Waals surface area contributed by atoms with Gasteiger partial charge >= 0.3 is 0 Å². The van der Waals surface area contributed by atoms with Crippen LogP contribution in [0.4, 0.5) is 11.4 Å². The van der Waals surface area contributed by atoms with Gasteiger partial charge in [0.15, 0.2) is 0 Å². The molecule has 0 bridgehead atoms. The zero-order valence-electron chi connectivity index (χ0n) is 42.9. The zero-order chi connectivity index (χ0) is 48.6. The maximum atomic E-state index is 7.28. The van der Waals surface area contributed by atoms with Crippen LogP contribution in [0.25, 0.3) is 38.8 Å². The smallest absolute Gasteiger partial charge is 0.137 e. The third-order valence-corrected chi connectivity index (χ3v) is 13.8. The average molecular weight is 899 g/mol. The molecular formula is C63H70N4O. The highest BCUT2D eigenvalue weighted by atomic mass is 16.5. The fourth-order valence-electron chi connectivity index (χ4n) is 10.3. The minimum absolute atomic E-state index is 0.0336. The van der Waals surface area contributed by atoms with E-state index in [2.05, 4.69) is 263 Å². The number of aromatic nitrogens is 2. The number of fused-ring (bicyclic) bond motifs is 3. The first-order valence-electron chi connectivity index (χ1n) is 24.4. The summed E-state index contributed by atoms with van der Waals surface area (Å²) in [5.41, 5.74) is 13.6. The number of anilines is 2. The summed E-state index contributed by atoms with van der Waals surface area (Å²) >= 11 is 0. The van der Waals surface area contributed by atoms with Crippen molar-refractivity contribution in [3.05, 3.63) is 192 Å². The van der Waals surface area contributed by atoms with Gasteiger partial charge in [0.25, 0.3) is 0 Å². The van der Waals surface area contributed by atoms with Crippen LogP contribution < -0.4 is 14.5 Å². The highest BCUT2D eigenvalue weighted by molar-refractivity contribution is 6.11. The van der Waals surface area contributed by atoms with E-state index >= 15 is 0 Å². The molecule has 0 unspecified atom stereocenters. The Hall–Kier alpha value is -6.59. The average Bonchev–Trinajstić information content (AvgIpc) is 3.87. The van der Waals surface area contributed by atoms with Gasteiger partial charge in [-0.05, 0) is 92.7 Å². The van der Waals surface area contributed by atoms with E-state index in [1.54, 1.807) is 0 Å². The molecule has 0 N–H and O–H groups in total. The SMILES string of the molecule is CC(C)(C)C1=C(C(C)(C)C)N(c2cccc(C(C)(C)c3ccccc3)c2)CN1c1cc(Oc2cc(C(C)(C)C)c3c4ccccc4n(-c4cc(C(C)(C)C)ccn4)c3c2)cc(-c2ccccc2)c1. The van der Waals surface area contributed by atoms with Crippen LogP contribution in [0.1, 0.15) is 119 Å². The van der Waals surface area contributed by atoms with Gasteiger partial charge in [0, 0.05) is 68.1 Å². The predicted molar refractivity (Wildman–Crippen MR) is 289 cm³/mol. The topological polar surface area (TPSA) is 33.5 Å². The van der Waals surface area contributed by atoms with Crippen molar-refractivity contribution in [1.82, 2.24) is 9.55 Å². The molecule has 0 atom stereocenters. The number of hydrogen-bond donors (Lipinski definition) is 0. The summed E-state index contributed by atoms with van der Waals surface area (Å²) in [4.78, 5) is 10.1. The predicted octanol–water partition coefficient (Wildman–Crippen LogP) is 17.1. The lowest BCUT2D eigenvalue weighted by Gasteiger charge is -2.34. The monoisotopic (exact) mass is 899 g/mol. The van der Waals surface area contributed by atoms with Gasteiger partial charge in [0.1, 0.15) is 17.3 Å². The molecule has 0 aliphatic carbocycles. The van der Waals surface area contributed by atoms with Gasteiger partial charge in [0.05, 0.1) is 17.7 Å². The lowest BCUT2D eigenvalue weighted by atomic mass is 9.78. The van der Waals surface area contributed by atoms with Crippen LogP contribution in [0.15, 0.2) is 169 Å².